The summed E-state index contributed by atoms with van der Waals surface area (Å²) in [7, 11) is 0. The first-order valence-corrected chi connectivity index (χ1v) is 5.91. The lowest BCUT2D eigenvalue weighted by Gasteiger charge is -2.31. The molecule has 0 spiro atoms. The molecule has 1 fully saturated rings. The number of rotatable bonds is 1. The lowest BCUT2D eigenvalue weighted by Crippen LogP contribution is -2.34. The molecule has 1 atom stereocenters. The minimum atomic E-state index is 0.800. The molecule has 1 aliphatic rings. The lowest BCUT2D eigenvalue weighted by atomic mass is 10.0. The predicted molar refractivity (Wildman–Crippen MR) is 62.5 cm³/mol. The van der Waals surface area contributed by atoms with Crippen LogP contribution in [0.25, 0.3) is 0 Å². The SMILES string of the molecule is C[C@H]1CCCN(c2ccc(Br)cn2)C1. The molecular formula is C11H15BrN2. The van der Waals surface area contributed by atoms with Crippen LogP contribution >= 0.6 is 15.9 Å². The normalized spacial score (nSPS) is 22.4. The van der Waals surface area contributed by atoms with Crippen molar-refractivity contribution in [3.63, 3.8) is 0 Å². The van der Waals surface area contributed by atoms with E-state index in [0.29, 0.717) is 0 Å². The van der Waals surface area contributed by atoms with E-state index in [-0.39, 0.29) is 0 Å². The molecule has 0 radical (unpaired) electrons. The molecule has 0 N–H and O–H groups in total. The lowest BCUT2D eigenvalue weighted by molar-refractivity contribution is 0.444. The molecule has 0 bridgehead atoms. The molecule has 2 heterocycles. The highest BCUT2D eigenvalue weighted by atomic mass is 79.9. The van der Waals surface area contributed by atoms with Crippen LogP contribution in [0.5, 0.6) is 0 Å². The third kappa shape index (κ3) is 2.27. The fourth-order valence-corrected chi connectivity index (χ4v) is 2.19. The third-order valence-electron chi connectivity index (χ3n) is 2.69. The van der Waals surface area contributed by atoms with Crippen molar-refractivity contribution in [2.24, 2.45) is 5.92 Å². The Bertz CT molecular complexity index is 297. The maximum atomic E-state index is 4.42. The van der Waals surface area contributed by atoms with Gasteiger partial charge in [-0.2, -0.15) is 0 Å². The third-order valence-corrected chi connectivity index (χ3v) is 3.16. The van der Waals surface area contributed by atoms with E-state index in [9.17, 15) is 0 Å². The number of hydrogen-bond donors (Lipinski definition) is 0. The number of pyridine rings is 1. The van der Waals surface area contributed by atoms with Crippen LogP contribution in [-0.4, -0.2) is 18.1 Å². The molecule has 3 heteroatoms. The van der Waals surface area contributed by atoms with Gasteiger partial charge in [0.15, 0.2) is 0 Å². The first kappa shape index (κ1) is 9.97. The molecule has 2 nitrogen and oxygen atoms in total. The minimum absolute atomic E-state index is 0.800. The summed E-state index contributed by atoms with van der Waals surface area (Å²) in [4.78, 5) is 6.79. The molecule has 1 aromatic heterocycles. The first-order valence-electron chi connectivity index (χ1n) is 5.12. The number of hydrogen-bond acceptors (Lipinski definition) is 2. The molecule has 76 valence electrons. The van der Waals surface area contributed by atoms with Gasteiger partial charge in [0.1, 0.15) is 5.82 Å². The maximum Gasteiger partial charge on any atom is 0.128 e. The van der Waals surface area contributed by atoms with Gasteiger partial charge < -0.3 is 4.90 Å². The van der Waals surface area contributed by atoms with Gasteiger partial charge in [0, 0.05) is 23.8 Å². The van der Waals surface area contributed by atoms with Crippen LogP contribution in [0.3, 0.4) is 0 Å². The van der Waals surface area contributed by atoms with Crippen LogP contribution in [0.1, 0.15) is 19.8 Å². The summed E-state index contributed by atoms with van der Waals surface area (Å²) < 4.78 is 1.05. The molecule has 14 heavy (non-hydrogen) atoms. The summed E-state index contributed by atoms with van der Waals surface area (Å²) in [5.74, 6) is 1.91. The van der Waals surface area contributed by atoms with E-state index in [1.54, 1.807) is 0 Å². The standard InChI is InChI=1S/C11H15BrN2/c1-9-3-2-6-14(8-9)11-5-4-10(12)7-13-11/h4-5,7,9H,2-3,6,8H2,1H3/t9-/m0/s1. The second-order valence-electron chi connectivity index (χ2n) is 4.03. The van der Waals surface area contributed by atoms with E-state index in [1.807, 2.05) is 6.20 Å². The van der Waals surface area contributed by atoms with Gasteiger partial charge in [0.2, 0.25) is 0 Å². The summed E-state index contributed by atoms with van der Waals surface area (Å²) in [6, 6.07) is 4.14. The van der Waals surface area contributed by atoms with Gasteiger partial charge in [-0.05, 0) is 46.8 Å². The van der Waals surface area contributed by atoms with Crippen molar-refractivity contribution in [1.29, 1.82) is 0 Å². The Morgan fingerprint density at radius 1 is 1.50 bits per heavy atom. The zero-order chi connectivity index (χ0) is 9.97. The zero-order valence-electron chi connectivity index (χ0n) is 8.41. The van der Waals surface area contributed by atoms with E-state index in [0.717, 1.165) is 29.3 Å². The molecule has 1 aliphatic heterocycles. The fraction of sp³-hybridized carbons (Fsp3) is 0.545. The number of piperidine rings is 1. The highest BCUT2D eigenvalue weighted by Gasteiger charge is 2.16. The van der Waals surface area contributed by atoms with E-state index < -0.39 is 0 Å². The van der Waals surface area contributed by atoms with E-state index in [4.69, 9.17) is 0 Å². The van der Waals surface area contributed by atoms with Crippen molar-refractivity contribution in [1.82, 2.24) is 4.98 Å². The number of anilines is 1. The Hall–Kier alpha value is -0.570. The Morgan fingerprint density at radius 2 is 2.36 bits per heavy atom. The number of aromatic nitrogens is 1. The smallest absolute Gasteiger partial charge is 0.128 e. The molecule has 0 amide bonds. The van der Waals surface area contributed by atoms with E-state index in [1.165, 1.54) is 12.8 Å². The van der Waals surface area contributed by atoms with Crippen molar-refractivity contribution in [3.05, 3.63) is 22.8 Å². The molecule has 1 aromatic rings. The molecule has 1 saturated heterocycles. The number of nitrogens with zero attached hydrogens (tertiary/aromatic N) is 2. The summed E-state index contributed by atoms with van der Waals surface area (Å²) >= 11 is 3.40. The van der Waals surface area contributed by atoms with Crippen LogP contribution in [0, 0.1) is 5.92 Å². The van der Waals surface area contributed by atoms with Gasteiger partial charge in [-0.15, -0.1) is 0 Å². The summed E-state index contributed by atoms with van der Waals surface area (Å²) in [5.41, 5.74) is 0. The van der Waals surface area contributed by atoms with Crippen LogP contribution in [-0.2, 0) is 0 Å². The van der Waals surface area contributed by atoms with Gasteiger partial charge in [-0.1, -0.05) is 6.92 Å². The number of halogens is 1. The maximum absolute atomic E-state index is 4.42. The summed E-state index contributed by atoms with van der Waals surface area (Å²) in [6.07, 6.45) is 4.51. The van der Waals surface area contributed by atoms with E-state index >= 15 is 0 Å². The molecule has 0 saturated carbocycles. The molecule has 0 unspecified atom stereocenters. The quantitative estimate of drug-likeness (QED) is 0.766. The monoisotopic (exact) mass is 254 g/mol. The summed E-state index contributed by atoms with van der Waals surface area (Å²) in [6.45, 7) is 4.61. The van der Waals surface area contributed by atoms with Gasteiger partial charge in [0.25, 0.3) is 0 Å². The van der Waals surface area contributed by atoms with Gasteiger partial charge >= 0.3 is 0 Å². The summed E-state index contributed by atoms with van der Waals surface area (Å²) in [5, 5.41) is 0. The van der Waals surface area contributed by atoms with Crippen LogP contribution in [0.4, 0.5) is 5.82 Å². The molecular weight excluding hydrogens is 240 g/mol. The second kappa shape index (κ2) is 4.30. The van der Waals surface area contributed by atoms with Crippen molar-refractivity contribution < 1.29 is 0 Å². The molecule has 2 rings (SSSR count). The Kier molecular flexibility index (Phi) is 3.06. The predicted octanol–water partition coefficient (Wildman–Crippen LogP) is 3.08. The molecule has 0 aliphatic carbocycles. The minimum Gasteiger partial charge on any atom is -0.356 e. The van der Waals surface area contributed by atoms with Gasteiger partial charge in [-0.3, -0.25) is 0 Å². The van der Waals surface area contributed by atoms with Crippen LogP contribution < -0.4 is 4.90 Å². The Balaban J connectivity index is 2.10. The van der Waals surface area contributed by atoms with Gasteiger partial charge in [-0.25, -0.2) is 4.98 Å². The van der Waals surface area contributed by atoms with E-state index in [2.05, 4.69) is 44.9 Å². The average Bonchev–Trinajstić information content (AvgIpc) is 2.19. The first-order chi connectivity index (χ1) is 6.75. The van der Waals surface area contributed by atoms with Crippen molar-refractivity contribution in [2.75, 3.05) is 18.0 Å². The Morgan fingerprint density at radius 3 is 3.00 bits per heavy atom. The highest BCUT2D eigenvalue weighted by Crippen LogP contribution is 2.21. The molecule has 0 aromatic carbocycles. The van der Waals surface area contributed by atoms with Crippen molar-refractivity contribution in [3.8, 4) is 0 Å². The van der Waals surface area contributed by atoms with Crippen LogP contribution in [0.2, 0.25) is 0 Å². The zero-order valence-corrected chi connectivity index (χ0v) is 10.00. The van der Waals surface area contributed by atoms with Crippen molar-refractivity contribution in [2.45, 2.75) is 19.8 Å². The topological polar surface area (TPSA) is 16.1 Å². The fourth-order valence-electron chi connectivity index (χ4n) is 1.95. The van der Waals surface area contributed by atoms with Crippen molar-refractivity contribution >= 4 is 21.7 Å². The second-order valence-corrected chi connectivity index (χ2v) is 4.94. The average molecular weight is 255 g/mol. The van der Waals surface area contributed by atoms with Gasteiger partial charge in [0.05, 0.1) is 0 Å². The largest absolute Gasteiger partial charge is 0.356 e. The highest BCUT2D eigenvalue weighted by molar-refractivity contribution is 9.10. The van der Waals surface area contributed by atoms with Crippen LogP contribution in [0.15, 0.2) is 22.8 Å². The Labute approximate surface area is 93.5 Å².